The third-order valence-corrected chi connectivity index (χ3v) is 7.55. The Balaban J connectivity index is 1.60. The number of nitrogens with zero attached hydrogens (tertiary/aromatic N) is 2. The van der Waals surface area contributed by atoms with Crippen LogP contribution in [-0.4, -0.2) is 25.1 Å². The van der Waals surface area contributed by atoms with Gasteiger partial charge in [0.05, 0.1) is 18.5 Å². The van der Waals surface area contributed by atoms with Gasteiger partial charge in [-0.2, -0.15) is 0 Å². The first kappa shape index (κ1) is 21.3. The molecular weight excluding hydrogens is 430 g/mol. The number of methoxy groups -OCH3 is 1. The van der Waals surface area contributed by atoms with Gasteiger partial charge in [-0.15, -0.1) is 11.3 Å². The average molecular weight is 454 g/mol. The number of benzene rings is 2. The van der Waals surface area contributed by atoms with Crippen LogP contribution in [-0.2, 0) is 23.6 Å². The summed E-state index contributed by atoms with van der Waals surface area (Å²) in [5, 5.41) is 2.76. The lowest BCUT2D eigenvalue weighted by molar-refractivity contribution is 0.414. The molecule has 2 aromatic heterocycles. The first-order chi connectivity index (χ1) is 14.9. The summed E-state index contributed by atoms with van der Waals surface area (Å²) >= 11 is 1.50. The van der Waals surface area contributed by atoms with Gasteiger partial charge in [0.25, 0.3) is 0 Å². The first-order valence-electron chi connectivity index (χ1n) is 9.69. The van der Waals surface area contributed by atoms with Crippen molar-refractivity contribution in [3.8, 4) is 27.7 Å². The van der Waals surface area contributed by atoms with Crippen LogP contribution in [0, 0.1) is 6.92 Å². The maximum absolute atomic E-state index is 13.0. The van der Waals surface area contributed by atoms with E-state index in [-0.39, 0.29) is 11.4 Å². The second-order valence-corrected chi connectivity index (χ2v) is 9.71. The number of sulfonamides is 1. The van der Waals surface area contributed by atoms with Crippen molar-refractivity contribution in [2.75, 3.05) is 7.11 Å². The van der Waals surface area contributed by atoms with Gasteiger partial charge in [-0.1, -0.05) is 42.5 Å². The van der Waals surface area contributed by atoms with Crippen molar-refractivity contribution in [3.63, 3.8) is 0 Å². The highest BCUT2D eigenvalue weighted by molar-refractivity contribution is 7.89. The van der Waals surface area contributed by atoms with E-state index >= 15 is 0 Å². The molecule has 1 N–H and O–H groups in total. The number of thiazole rings is 1. The Labute approximate surface area is 186 Å². The van der Waals surface area contributed by atoms with Gasteiger partial charge in [-0.3, -0.25) is 0 Å². The summed E-state index contributed by atoms with van der Waals surface area (Å²) in [6.45, 7) is 1.98. The molecule has 0 aliphatic heterocycles. The Morgan fingerprint density at radius 2 is 1.87 bits per heavy atom. The highest BCUT2D eigenvalue weighted by atomic mass is 32.2. The molecule has 0 atom stereocenters. The molecule has 0 saturated heterocycles. The summed E-state index contributed by atoms with van der Waals surface area (Å²) in [5.41, 5.74) is 4.16. The van der Waals surface area contributed by atoms with Crippen molar-refractivity contribution in [3.05, 3.63) is 77.3 Å². The van der Waals surface area contributed by atoms with E-state index in [0.717, 1.165) is 27.5 Å². The van der Waals surface area contributed by atoms with Crippen molar-refractivity contribution >= 4 is 21.4 Å². The van der Waals surface area contributed by atoms with Crippen molar-refractivity contribution in [1.82, 2.24) is 14.3 Å². The SMILES string of the molecule is COc1cccc(CNS(=O)(=O)c2cc(-c3nc(-c4ccccc4)cs3)n(C)c2C)c1. The van der Waals surface area contributed by atoms with Gasteiger partial charge in [-0.25, -0.2) is 18.1 Å². The Morgan fingerprint density at radius 1 is 1.10 bits per heavy atom. The Hall–Kier alpha value is -2.94. The minimum Gasteiger partial charge on any atom is -0.497 e. The van der Waals surface area contributed by atoms with Gasteiger partial charge >= 0.3 is 0 Å². The highest BCUT2D eigenvalue weighted by Gasteiger charge is 2.23. The lowest BCUT2D eigenvalue weighted by atomic mass is 10.2. The monoisotopic (exact) mass is 453 g/mol. The molecule has 4 aromatic rings. The first-order valence-corrected chi connectivity index (χ1v) is 12.1. The Bertz CT molecular complexity index is 1310. The number of hydrogen-bond acceptors (Lipinski definition) is 5. The summed E-state index contributed by atoms with van der Waals surface area (Å²) in [6, 6.07) is 18.9. The zero-order chi connectivity index (χ0) is 22.0. The van der Waals surface area contributed by atoms with Gasteiger partial charge in [0.15, 0.2) is 0 Å². The molecule has 0 saturated carbocycles. The zero-order valence-corrected chi connectivity index (χ0v) is 19.1. The average Bonchev–Trinajstić information content (AvgIpc) is 3.39. The smallest absolute Gasteiger partial charge is 0.242 e. The fourth-order valence-corrected chi connectivity index (χ4v) is 5.50. The second kappa shape index (κ2) is 8.66. The molecule has 160 valence electrons. The molecule has 0 radical (unpaired) electrons. The fourth-order valence-electron chi connectivity index (χ4n) is 3.32. The topological polar surface area (TPSA) is 73.2 Å². The molecule has 0 amide bonds. The molecule has 2 heterocycles. The lowest BCUT2D eigenvalue weighted by Crippen LogP contribution is -2.23. The van der Waals surface area contributed by atoms with Crippen LogP contribution < -0.4 is 9.46 Å². The lowest BCUT2D eigenvalue weighted by Gasteiger charge is -2.08. The van der Waals surface area contributed by atoms with E-state index in [9.17, 15) is 8.42 Å². The number of aromatic nitrogens is 2. The van der Waals surface area contributed by atoms with Crippen LogP contribution in [0.3, 0.4) is 0 Å². The molecule has 0 aliphatic carbocycles. The summed E-state index contributed by atoms with van der Waals surface area (Å²) in [6.07, 6.45) is 0. The van der Waals surface area contributed by atoms with Gasteiger partial charge in [-0.05, 0) is 30.7 Å². The van der Waals surface area contributed by atoms with Crippen molar-refractivity contribution in [2.45, 2.75) is 18.4 Å². The third kappa shape index (κ3) is 4.41. The van der Waals surface area contributed by atoms with Crippen molar-refractivity contribution in [2.24, 2.45) is 7.05 Å². The molecule has 2 aromatic carbocycles. The summed E-state index contributed by atoms with van der Waals surface area (Å²) in [7, 11) is -0.259. The standard InChI is InChI=1S/C23H23N3O3S2/c1-16-22(31(27,28)24-14-17-8-7-11-19(12-17)29-3)13-21(26(16)2)23-25-20(15-30-23)18-9-5-4-6-10-18/h4-13,15,24H,14H2,1-3H3. The Kier molecular flexibility index (Phi) is 5.95. The van der Waals surface area contributed by atoms with Crippen molar-refractivity contribution in [1.29, 1.82) is 0 Å². The molecule has 0 spiro atoms. The van der Waals surface area contributed by atoms with E-state index in [0.29, 0.717) is 11.4 Å². The highest BCUT2D eigenvalue weighted by Crippen LogP contribution is 2.32. The number of rotatable bonds is 7. The van der Waals surface area contributed by atoms with Crippen LogP contribution in [0.5, 0.6) is 5.75 Å². The molecule has 0 unspecified atom stereocenters. The van der Waals surface area contributed by atoms with E-state index in [1.54, 1.807) is 20.1 Å². The number of ether oxygens (including phenoxy) is 1. The van der Waals surface area contributed by atoms with E-state index in [1.807, 2.05) is 71.6 Å². The predicted molar refractivity (Wildman–Crippen MR) is 124 cm³/mol. The van der Waals surface area contributed by atoms with Crippen LogP contribution in [0.25, 0.3) is 22.0 Å². The maximum Gasteiger partial charge on any atom is 0.242 e. The van der Waals surface area contributed by atoms with Crippen LogP contribution in [0.1, 0.15) is 11.3 Å². The largest absolute Gasteiger partial charge is 0.497 e. The van der Waals surface area contributed by atoms with Gasteiger partial charge < -0.3 is 9.30 Å². The molecule has 31 heavy (non-hydrogen) atoms. The van der Waals surface area contributed by atoms with Crippen LogP contribution in [0.2, 0.25) is 0 Å². The molecule has 8 heteroatoms. The molecule has 0 bridgehead atoms. The van der Waals surface area contributed by atoms with E-state index < -0.39 is 10.0 Å². The van der Waals surface area contributed by atoms with Gasteiger partial charge in [0.2, 0.25) is 10.0 Å². The third-order valence-electron chi connectivity index (χ3n) is 5.17. The van der Waals surface area contributed by atoms with Crippen LogP contribution in [0.15, 0.2) is 70.9 Å². The Morgan fingerprint density at radius 3 is 2.61 bits per heavy atom. The molecular formula is C23H23N3O3S2. The molecule has 6 nitrogen and oxygen atoms in total. The second-order valence-electron chi connectivity index (χ2n) is 7.12. The fraction of sp³-hybridized carbons (Fsp3) is 0.174. The zero-order valence-electron chi connectivity index (χ0n) is 17.5. The number of hydrogen-bond donors (Lipinski definition) is 1. The van der Waals surface area contributed by atoms with Crippen LogP contribution in [0.4, 0.5) is 0 Å². The number of nitrogens with one attached hydrogen (secondary N) is 1. The molecule has 4 rings (SSSR count). The molecule has 0 fully saturated rings. The molecule has 0 aliphatic rings. The minimum atomic E-state index is -3.70. The van der Waals surface area contributed by atoms with E-state index in [2.05, 4.69) is 4.72 Å². The maximum atomic E-state index is 13.0. The quantitative estimate of drug-likeness (QED) is 0.443. The predicted octanol–water partition coefficient (Wildman–Crippen LogP) is 4.61. The van der Waals surface area contributed by atoms with E-state index in [4.69, 9.17) is 9.72 Å². The summed E-state index contributed by atoms with van der Waals surface area (Å²) in [5.74, 6) is 0.688. The van der Waals surface area contributed by atoms with Crippen molar-refractivity contribution < 1.29 is 13.2 Å². The minimum absolute atomic E-state index is 0.179. The van der Waals surface area contributed by atoms with Gasteiger partial charge in [0.1, 0.15) is 15.7 Å². The summed E-state index contributed by atoms with van der Waals surface area (Å²) < 4.78 is 35.8. The normalized spacial score (nSPS) is 11.6. The summed E-state index contributed by atoms with van der Waals surface area (Å²) in [4.78, 5) is 4.98. The van der Waals surface area contributed by atoms with Gasteiger partial charge in [0, 0.05) is 30.2 Å². The van der Waals surface area contributed by atoms with E-state index in [1.165, 1.54) is 11.3 Å². The van der Waals surface area contributed by atoms with Crippen LogP contribution >= 0.6 is 11.3 Å².